The van der Waals surface area contributed by atoms with Crippen molar-refractivity contribution in [2.24, 2.45) is 0 Å². The number of rotatable bonds is 5. The van der Waals surface area contributed by atoms with E-state index in [9.17, 15) is 23.6 Å². The fourth-order valence-electron chi connectivity index (χ4n) is 5.81. The first-order chi connectivity index (χ1) is 24.0. The van der Waals surface area contributed by atoms with Gasteiger partial charge in [-0.2, -0.15) is 0 Å². The number of piperidine rings is 1. The van der Waals surface area contributed by atoms with Gasteiger partial charge in [-0.05, 0) is 56.2 Å². The Morgan fingerprint density at radius 1 is 1.06 bits per heavy atom. The molecule has 2 N–H and O–H groups in total. The van der Waals surface area contributed by atoms with Gasteiger partial charge < -0.3 is 29.9 Å². The number of fused-ring (bicyclic) bond motifs is 5. The number of ether oxygens (including phenoxy) is 2. The fraction of sp³-hybridized carbons (Fsp3) is 0.343. The molecule has 13 nitrogen and oxygen atoms in total. The number of nitrogens with zero attached hydrogens (tertiary/aromatic N) is 5. The van der Waals surface area contributed by atoms with E-state index in [1.54, 1.807) is 30.3 Å². The highest BCUT2D eigenvalue weighted by Gasteiger charge is 2.34. The standard InChI is InChI=1S/C35H36FN7O6S/c1-20-13-38-27(14-37-20)15-39-34(46)23-8-24-10-29(9-23)49-28-7-22(6-25(36)11-28)18-48-31-4-5-43(33(45)12-26-19-50-21(2)40-26)16-30(31)41-32(44)17-42(3)35(24)47/h6-11,13-14,19,30-31H,4-5,12,15-18H2,1-3H3,(H,39,46)(H,41,44)/t30-,31+/m1/s1. The molecule has 4 amide bonds. The summed E-state index contributed by atoms with van der Waals surface area (Å²) in [6.45, 7) is 4.05. The third-order valence-electron chi connectivity index (χ3n) is 8.29. The number of benzene rings is 2. The molecule has 2 aliphatic heterocycles. The Balaban J connectivity index is 1.25. The summed E-state index contributed by atoms with van der Waals surface area (Å²) in [6.07, 6.45) is 3.21. The lowest BCUT2D eigenvalue weighted by atomic mass is 10.0. The normalized spacial score (nSPS) is 18.2. The number of hydrogen-bond acceptors (Lipinski definition) is 10. The molecule has 4 heterocycles. The van der Waals surface area contributed by atoms with E-state index in [2.05, 4.69) is 25.6 Å². The molecule has 2 atom stereocenters. The maximum Gasteiger partial charge on any atom is 0.254 e. The Morgan fingerprint density at radius 3 is 2.64 bits per heavy atom. The van der Waals surface area contributed by atoms with Gasteiger partial charge in [0, 0.05) is 48.9 Å². The summed E-state index contributed by atoms with van der Waals surface area (Å²) in [7, 11) is 1.47. The van der Waals surface area contributed by atoms with Gasteiger partial charge >= 0.3 is 0 Å². The van der Waals surface area contributed by atoms with Gasteiger partial charge in [0.15, 0.2) is 0 Å². The number of thiazole rings is 1. The second-order valence-corrected chi connectivity index (χ2v) is 13.4. The molecule has 2 aromatic heterocycles. The molecule has 1 saturated heterocycles. The topological polar surface area (TPSA) is 156 Å². The number of carbonyl (C=O) groups excluding carboxylic acids is 4. The van der Waals surface area contributed by atoms with Crippen LogP contribution in [0.5, 0.6) is 11.5 Å². The van der Waals surface area contributed by atoms with Crippen LogP contribution < -0.4 is 15.4 Å². The molecule has 0 unspecified atom stereocenters. The van der Waals surface area contributed by atoms with Gasteiger partial charge in [-0.25, -0.2) is 9.37 Å². The first-order valence-corrected chi connectivity index (χ1v) is 16.9. The SMILES string of the molecule is Cc1cnc(CNC(=O)c2cc3cc(c2)C(=O)N(C)CC(=O)N[C@@H]2CN(C(=O)Cc4csc(C)n4)CC[C@@H]2OCc2cc(F)cc(c2)O3)cn1. The zero-order valence-electron chi connectivity index (χ0n) is 27.8. The highest BCUT2D eigenvalue weighted by molar-refractivity contribution is 7.09. The van der Waals surface area contributed by atoms with Crippen LogP contribution in [0.1, 0.15) is 54.8 Å². The van der Waals surface area contributed by atoms with Crippen molar-refractivity contribution in [3.63, 3.8) is 0 Å². The third-order valence-corrected chi connectivity index (χ3v) is 9.11. The van der Waals surface area contributed by atoms with E-state index in [0.29, 0.717) is 29.9 Å². The Labute approximate surface area is 291 Å². The van der Waals surface area contributed by atoms with E-state index in [1.807, 2.05) is 12.3 Å². The van der Waals surface area contributed by atoms with Crippen molar-refractivity contribution in [3.05, 3.63) is 98.8 Å². The predicted molar refractivity (Wildman–Crippen MR) is 180 cm³/mol. The Hall–Kier alpha value is -5.28. The minimum Gasteiger partial charge on any atom is -0.457 e. The Kier molecular flexibility index (Phi) is 10.4. The number of nitrogens with one attached hydrogen (secondary N) is 2. The molecule has 0 radical (unpaired) electrons. The quantitative estimate of drug-likeness (QED) is 0.319. The number of aromatic nitrogens is 3. The van der Waals surface area contributed by atoms with Crippen molar-refractivity contribution < 1.29 is 33.0 Å². The second kappa shape index (κ2) is 15.1. The van der Waals surface area contributed by atoms with E-state index in [0.717, 1.165) is 10.7 Å². The van der Waals surface area contributed by atoms with E-state index in [4.69, 9.17) is 9.47 Å². The maximum absolute atomic E-state index is 14.9. The van der Waals surface area contributed by atoms with Gasteiger partial charge in [0.1, 0.15) is 17.3 Å². The van der Waals surface area contributed by atoms with Crippen molar-refractivity contribution in [1.82, 2.24) is 35.4 Å². The van der Waals surface area contributed by atoms with E-state index < -0.39 is 35.7 Å². The molecular formula is C35H36FN7O6S. The Morgan fingerprint density at radius 2 is 1.88 bits per heavy atom. The molecule has 260 valence electrons. The van der Waals surface area contributed by atoms with Gasteiger partial charge in [0.05, 0.1) is 66.5 Å². The van der Waals surface area contributed by atoms with Crippen LogP contribution in [-0.4, -0.2) is 87.2 Å². The molecule has 4 bridgehead atoms. The summed E-state index contributed by atoms with van der Waals surface area (Å²) >= 11 is 1.47. The zero-order valence-corrected chi connectivity index (χ0v) is 28.6. The highest BCUT2D eigenvalue weighted by Crippen LogP contribution is 2.28. The van der Waals surface area contributed by atoms with E-state index >= 15 is 0 Å². The molecular weight excluding hydrogens is 665 g/mol. The van der Waals surface area contributed by atoms with Crippen LogP contribution in [0.25, 0.3) is 0 Å². The average Bonchev–Trinajstić information content (AvgIpc) is 3.49. The van der Waals surface area contributed by atoms with Crippen LogP contribution in [-0.2, 0) is 33.9 Å². The molecule has 0 spiro atoms. The second-order valence-electron chi connectivity index (χ2n) is 12.3. The van der Waals surface area contributed by atoms with Gasteiger partial charge in [-0.15, -0.1) is 11.3 Å². The summed E-state index contributed by atoms with van der Waals surface area (Å²) < 4.78 is 27.1. The number of carbonyl (C=O) groups is 4. The van der Waals surface area contributed by atoms with Crippen LogP contribution in [0.15, 0.2) is 54.2 Å². The molecule has 50 heavy (non-hydrogen) atoms. The maximum atomic E-state index is 14.9. The molecule has 6 rings (SSSR count). The largest absolute Gasteiger partial charge is 0.457 e. The van der Waals surface area contributed by atoms with Crippen molar-refractivity contribution >= 4 is 35.0 Å². The number of halogens is 1. The summed E-state index contributed by atoms with van der Waals surface area (Å²) in [5.41, 5.74) is 2.61. The molecule has 2 aromatic carbocycles. The molecule has 2 aliphatic rings. The van der Waals surface area contributed by atoms with Crippen LogP contribution in [0.2, 0.25) is 0 Å². The third kappa shape index (κ3) is 8.65. The molecule has 15 heteroatoms. The minimum atomic E-state index is -0.602. The summed E-state index contributed by atoms with van der Waals surface area (Å²) in [5, 5.41) is 8.44. The number of hydrogen-bond donors (Lipinski definition) is 2. The molecule has 1 fully saturated rings. The summed E-state index contributed by atoms with van der Waals surface area (Å²) in [5.74, 6) is -1.98. The van der Waals surface area contributed by atoms with Gasteiger partial charge in [0.25, 0.3) is 11.8 Å². The van der Waals surface area contributed by atoms with Crippen LogP contribution >= 0.6 is 11.3 Å². The van der Waals surface area contributed by atoms with E-state index in [1.165, 1.54) is 53.6 Å². The Bertz CT molecular complexity index is 1920. The summed E-state index contributed by atoms with van der Waals surface area (Å²) in [4.78, 5) is 69.2. The number of likely N-dealkylation sites (N-methyl/N-ethyl adjacent to an activating group) is 1. The summed E-state index contributed by atoms with van der Waals surface area (Å²) in [6, 6.07) is 7.79. The monoisotopic (exact) mass is 701 g/mol. The van der Waals surface area contributed by atoms with Crippen molar-refractivity contribution in [1.29, 1.82) is 0 Å². The first-order valence-electron chi connectivity index (χ1n) is 16.0. The van der Waals surface area contributed by atoms with Crippen LogP contribution in [0.4, 0.5) is 4.39 Å². The van der Waals surface area contributed by atoms with Gasteiger partial charge in [0.2, 0.25) is 11.8 Å². The lowest BCUT2D eigenvalue weighted by Gasteiger charge is -2.39. The number of likely N-dealkylation sites (tertiary alicyclic amines) is 1. The fourth-order valence-corrected chi connectivity index (χ4v) is 6.42. The zero-order chi connectivity index (χ0) is 35.4. The predicted octanol–water partition coefficient (Wildman–Crippen LogP) is 3.34. The number of amides is 4. The van der Waals surface area contributed by atoms with Crippen LogP contribution in [0, 0.1) is 19.7 Å². The lowest BCUT2D eigenvalue weighted by Crippen LogP contribution is -2.58. The molecule has 0 aliphatic carbocycles. The first kappa shape index (κ1) is 34.6. The highest BCUT2D eigenvalue weighted by atomic mass is 32.1. The van der Waals surface area contributed by atoms with Gasteiger partial charge in [-0.3, -0.25) is 29.1 Å². The molecule has 0 saturated carbocycles. The average molecular weight is 702 g/mol. The van der Waals surface area contributed by atoms with Crippen molar-refractivity contribution in [2.45, 2.75) is 52.0 Å². The van der Waals surface area contributed by atoms with Crippen LogP contribution in [0.3, 0.4) is 0 Å². The molecule has 4 aromatic rings. The number of aryl methyl sites for hydroxylation is 2. The lowest BCUT2D eigenvalue weighted by molar-refractivity contribution is -0.136. The van der Waals surface area contributed by atoms with Crippen molar-refractivity contribution in [2.75, 3.05) is 26.7 Å². The van der Waals surface area contributed by atoms with Gasteiger partial charge in [-0.1, -0.05) is 0 Å². The smallest absolute Gasteiger partial charge is 0.254 e. The minimum absolute atomic E-state index is 0.00515. The van der Waals surface area contributed by atoms with E-state index in [-0.39, 0.29) is 61.2 Å². The van der Waals surface area contributed by atoms with Crippen molar-refractivity contribution in [3.8, 4) is 11.5 Å².